The molecule has 1 aliphatic heterocycles. The lowest BCUT2D eigenvalue weighted by atomic mass is 10.0. The van der Waals surface area contributed by atoms with Gasteiger partial charge in [-0.15, -0.1) is 0 Å². The molecule has 0 radical (unpaired) electrons. The lowest BCUT2D eigenvalue weighted by Crippen LogP contribution is -2.27. The molecule has 2 aromatic rings. The van der Waals surface area contributed by atoms with Gasteiger partial charge in [-0.3, -0.25) is 0 Å². The van der Waals surface area contributed by atoms with Gasteiger partial charge in [-0.1, -0.05) is 12.1 Å². The van der Waals surface area contributed by atoms with Crippen molar-refractivity contribution in [1.82, 2.24) is 9.55 Å². The Kier molecular flexibility index (Phi) is 1.81. The van der Waals surface area contributed by atoms with Crippen LogP contribution in [-0.4, -0.2) is 20.7 Å². The van der Waals surface area contributed by atoms with Gasteiger partial charge in [0.1, 0.15) is 0 Å². The molecule has 0 amide bonds. The summed E-state index contributed by atoms with van der Waals surface area (Å²) < 4.78 is 2.07. The van der Waals surface area contributed by atoms with Crippen molar-refractivity contribution in [1.29, 1.82) is 0 Å². The molecular weight excluding hydrogens is 190 g/mol. The fourth-order valence-corrected chi connectivity index (χ4v) is 2.24. The Bertz CT molecular complexity index is 506. The van der Waals surface area contributed by atoms with E-state index in [4.69, 9.17) is 5.73 Å². The molecule has 78 valence electrons. The van der Waals surface area contributed by atoms with Crippen LogP contribution >= 0.6 is 0 Å². The maximum absolute atomic E-state index is 10.1. The molecular formula is C11H13N3O. The SMILES string of the molecule is NC1CCn2cnc3cccc(c32)C1O. The summed E-state index contributed by atoms with van der Waals surface area (Å²) in [6.45, 7) is 0.825. The predicted molar refractivity (Wildman–Crippen MR) is 57.3 cm³/mol. The molecule has 1 aliphatic rings. The van der Waals surface area contributed by atoms with Crippen LogP contribution in [0.2, 0.25) is 0 Å². The normalized spacial score (nSPS) is 25.5. The van der Waals surface area contributed by atoms with Crippen LogP contribution in [0.3, 0.4) is 0 Å². The van der Waals surface area contributed by atoms with Gasteiger partial charge >= 0.3 is 0 Å². The highest BCUT2D eigenvalue weighted by molar-refractivity contribution is 5.79. The Morgan fingerprint density at radius 3 is 3.20 bits per heavy atom. The van der Waals surface area contributed by atoms with Crippen molar-refractivity contribution >= 4 is 11.0 Å². The second-order valence-electron chi connectivity index (χ2n) is 4.05. The molecule has 0 saturated heterocycles. The first-order chi connectivity index (χ1) is 7.27. The zero-order valence-corrected chi connectivity index (χ0v) is 8.30. The molecule has 0 saturated carbocycles. The number of hydrogen-bond acceptors (Lipinski definition) is 3. The highest BCUT2D eigenvalue weighted by Crippen LogP contribution is 2.29. The average molecular weight is 203 g/mol. The third-order valence-corrected chi connectivity index (χ3v) is 3.10. The van der Waals surface area contributed by atoms with Crippen molar-refractivity contribution < 1.29 is 5.11 Å². The Balaban J connectivity index is 2.33. The second-order valence-corrected chi connectivity index (χ2v) is 4.05. The minimum atomic E-state index is -0.577. The number of aliphatic hydroxyl groups is 1. The smallest absolute Gasteiger partial charge is 0.0962 e. The first-order valence-electron chi connectivity index (χ1n) is 5.15. The van der Waals surface area contributed by atoms with Gasteiger partial charge in [0.05, 0.1) is 23.5 Å². The van der Waals surface area contributed by atoms with Gasteiger partial charge in [0.2, 0.25) is 0 Å². The number of imidazole rings is 1. The first kappa shape index (κ1) is 8.88. The molecule has 2 atom stereocenters. The van der Waals surface area contributed by atoms with Crippen LogP contribution in [0.25, 0.3) is 11.0 Å². The van der Waals surface area contributed by atoms with Crippen molar-refractivity contribution in [3.8, 4) is 0 Å². The number of rotatable bonds is 0. The molecule has 0 spiro atoms. The van der Waals surface area contributed by atoms with E-state index in [2.05, 4.69) is 9.55 Å². The van der Waals surface area contributed by atoms with Crippen molar-refractivity contribution in [3.05, 3.63) is 30.1 Å². The molecule has 0 fully saturated rings. The predicted octanol–water partition coefficient (Wildman–Crippen LogP) is 0.801. The van der Waals surface area contributed by atoms with Crippen LogP contribution in [0.15, 0.2) is 24.5 Å². The van der Waals surface area contributed by atoms with Crippen LogP contribution in [-0.2, 0) is 6.54 Å². The molecule has 2 heterocycles. The molecule has 3 N–H and O–H groups in total. The fraction of sp³-hybridized carbons (Fsp3) is 0.364. The standard InChI is InChI=1S/C11H13N3O/c12-8-4-5-14-6-13-9-3-1-2-7(10(9)14)11(8)15/h1-3,6,8,11,15H,4-5,12H2. The van der Waals surface area contributed by atoms with Crippen LogP contribution < -0.4 is 5.73 Å². The van der Waals surface area contributed by atoms with Gasteiger partial charge < -0.3 is 15.4 Å². The summed E-state index contributed by atoms with van der Waals surface area (Å²) in [5.74, 6) is 0. The summed E-state index contributed by atoms with van der Waals surface area (Å²) >= 11 is 0. The minimum Gasteiger partial charge on any atom is -0.387 e. The Morgan fingerprint density at radius 1 is 1.47 bits per heavy atom. The van der Waals surface area contributed by atoms with Gasteiger partial charge in [-0.05, 0) is 12.5 Å². The van der Waals surface area contributed by atoms with Crippen molar-refractivity contribution in [2.45, 2.75) is 25.1 Å². The lowest BCUT2D eigenvalue weighted by molar-refractivity contribution is 0.144. The number of aliphatic hydroxyl groups excluding tert-OH is 1. The topological polar surface area (TPSA) is 64.1 Å². The highest BCUT2D eigenvalue weighted by atomic mass is 16.3. The molecule has 1 aromatic heterocycles. The number of benzene rings is 1. The maximum Gasteiger partial charge on any atom is 0.0962 e. The molecule has 4 heteroatoms. The first-order valence-corrected chi connectivity index (χ1v) is 5.15. The molecule has 15 heavy (non-hydrogen) atoms. The van der Waals surface area contributed by atoms with Crippen LogP contribution in [0.1, 0.15) is 18.1 Å². The van der Waals surface area contributed by atoms with Crippen LogP contribution in [0.4, 0.5) is 0 Å². The van der Waals surface area contributed by atoms with E-state index in [1.54, 1.807) is 0 Å². The van der Waals surface area contributed by atoms with E-state index < -0.39 is 6.10 Å². The van der Waals surface area contributed by atoms with E-state index in [0.717, 1.165) is 29.6 Å². The number of para-hydroxylation sites is 1. The summed E-state index contributed by atoms with van der Waals surface area (Å²) in [7, 11) is 0. The minimum absolute atomic E-state index is 0.185. The van der Waals surface area contributed by atoms with E-state index in [9.17, 15) is 5.11 Å². The van der Waals surface area contributed by atoms with Gasteiger partial charge in [-0.2, -0.15) is 0 Å². The van der Waals surface area contributed by atoms with Crippen molar-refractivity contribution in [2.24, 2.45) is 5.73 Å². The Labute approximate surface area is 87.3 Å². The zero-order valence-electron chi connectivity index (χ0n) is 8.30. The van der Waals surface area contributed by atoms with Gasteiger partial charge in [0.25, 0.3) is 0 Å². The number of nitrogens with two attached hydrogens (primary N) is 1. The van der Waals surface area contributed by atoms with E-state index in [-0.39, 0.29) is 6.04 Å². The summed E-state index contributed by atoms with van der Waals surface area (Å²) in [6.07, 6.45) is 2.02. The summed E-state index contributed by atoms with van der Waals surface area (Å²) in [5.41, 5.74) is 8.76. The quantitative estimate of drug-likeness (QED) is 0.665. The highest BCUT2D eigenvalue weighted by Gasteiger charge is 2.24. The summed E-state index contributed by atoms with van der Waals surface area (Å²) in [5, 5.41) is 10.1. The van der Waals surface area contributed by atoms with E-state index in [0.29, 0.717) is 0 Å². The van der Waals surface area contributed by atoms with E-state index in [1.807, 2.05) is 24.5 Å². The number of hydrogen-bond donors (Lipinski definition) is 2. The number of nitrogens with zero attached hydrogens (tertiary/aromatic N) is 2. The second kappa shape index (κ2) is 3.05. The fourth-order valence-electron chi connectivity index (χ4n) is 2.24. The van der Waals surface area contributed by atoms with E-state index in [1.165, 1.54) is 0 Å². The third-order valence-electron chi connectivity index (χ3n) is 3.10. The van der Waals surface area contributed by atoms with Gasteiger partial charge in [-0.25, -0.2) is 4.98 Å². The van der Waals surface area contributed by atoms with Gasteiger partial charge in [0.15, 0.2) is 0 Å². The molecule has 0 aliphatic carbocycles. The third kappa shape index (κ3) is 1.19. The monoisotopic (exact) mass is 203 g/mol. The van der Waals surface area contributed by atoms with Crippen molar-refractivity contribution in [2.75, 3.05) is 0 Å². The maximum atomic E-state index is 10.1. The van der Waals surface area contributed by atoms with Crippen molar-refractivity contribution in [3.63, 3.8) is 0 Å². The number of aromatic nitrogens is 2. The molecule has 2 unspecified atom stereocenters. The molecule has 3 rings (SSSR count). The zero-order chi connectivity index (χ0) is 10.4. The summed E-state index contributed by atoms with van der Waals surface area (Å²) in [4.78, 5) is 4.30. The summed E-state index contributed by atoms with van der Waals surface area (Å²) in [6, 6.07) is 5.61. The largest absolute Gasteiger partial charge is 0.387 e. The number of aryl methyl sites for hydroxylation is 1. The Hall–Kier alpha value is -1.39. The lowest BCUT2D eigenvalue weighted by Gasteiger charge is -2.15. The van der Waals surface area contributed by atoms with Crippen LogP contribution in [0, 0.1) is 0 Å². The molecule has 0 bridgehead atoms. The van der Waals surface area contributed by atoms with Crippen LogP contribution in [0.5, 0.6) is 0 Å². The molecule has 4 nitrogen and oxygen atoms in total. The average Bonchev–Trinajstić information content (AvgIpc) is 2.62. The molecule has 1 aromatic carbocycles. The van der Waals surface area contributed by atoms with Gasteiger partial charge in [0, 0.05) is 18.2 Å². The van der Waals surface area contributed by atoms with E-state index >= 15 is 0 Å². The Morgan fingerprint density at radius 2 is 2.33 bits per heavy atom.